The number of carbonyl (C=O) groups excluding carboxylic acids is 1. The maximum absolute atomic E-state index is 12.1. The van der Waals surface area contributed by atoms with Crippen molar-refractivity contribution in [3.8, 4) is 23.3 Å². The first-order valence-electron chi connectivity index (χ1n) is 9.81. The van der Waals surface area contributed by atoms with E-state index in [0.29, 0.717) is 32.8 Å². The molecule has 10 nitrogen and oxygen atoms in total. The maximum Gasteiger partial charge on any atom is 0.336 e. The number of pyridine rings is 1. The number of halogens is 1. The van der Waals surface area contributed by atoms with Crippen LogP contribution in [0.4, 0.5) is 0 Å². The number of carboxylic acid groups (broad SMARTS) is 1. The first kappa shape index (κ1) is 24.6. The van der Waals surface area contributed by atoms with E-state index in [4.69, 9.17) is 13.9 Å². The zero-order valence-electron chi connectivity index (χ0n) is 18.2. The Bertz CT molecular complexity index is 1300. The average molecular weight is 527 g/mol. The van der Waals surface area contributed by atoms with Crippen molar-refractivity contribution in [2.24, 2.45) is 5.10 Å². The summed E-state index contributed by atoms with van der Waals surface area (Å²) in [7, 11) is 1.50. The minimum absolute atomic E-state index is 0.0159. The standard InChI is InChI=1S/C23H19BrN4O6/c1-13-21(24)18(11-32-2)17(9-25)22(27-13)33-12-20(29)28-26-10-14-7-8-19(34-14)15-5-3-4-6-16(15)23(30)31/h3-8,10H,11-12H2,1-2H3,(H,28,29)(H,30,31). The predicted molar refractivity (Wildman–Crippen MR) is 124 cm³/mol. The van der Waals surface area contributed by atoms with Crippen LogP contribution >= 0.6 is 15.9 Å². The van der Waals surface area contributed by atoms with Crippen molar-refractivity contribution >= 4 is 34.0 Å². The molecule has 0 radical (unpaired) electrons. The van der Waals surface area contributed by atoms with Crippen LogP contribution in [0, 0.1) is 18.3 Å². The highest BCUT2D eigenvalue weighted by atomic mass is 79.9. The molecule has 0 spiro atoms. The third-order valence-corrected chi connectivity index (χ3v) is 5.59. The third kappa shape index (κ3) is 5.67. The molecule has 11 heteroatoms. The molecule has 0 unspecified atom stereocenters. The molecule has 174 valence electrons. The molecule has 0 saturated heterocycles. The predicted octanol–water partition coefficient (Wildman–Crippen LogP) is 3.66. The summed E-state index contributed by atoms with van der Waals surface area (Å²) in [5, 5.41) is 22.6. The quantitative estimate of drug-likeness (QED) is 0.317. The first-order chi connectivity index (χ1) is 16.3. The van der Waals surface area contributed by atoms with Gasteiger partial charge in [0.1, 0.15) is 23.2 Å². The molecule has 3 rings (SSSR count). The molecular formula is C23H19BrN4O6. The molecule has 2 heterocycles. The van der Waals surface area contributed by atoms with E-state index in [2.05, 4.69) is 31.4 Å². The number of nitriles is 1. The zero-order chi connectivity index (χ0) is 24.7. The van der Waals surface area contributed by atoms with Crippen LogP contribution in [0.3, 0.4) is 0 Å². The normalized spacial score (nSPS) is 10.8. The lowest BCUT2D eigenvalue weighted by Crippen LogP contribution is -2.25. The van der Waals surface area contributed by atoms with E-state index in [1.54, 1.807) is 37.3 Å². The number of aryl methyl sites for hydroxylation is 1. The molecule has 1 amide bonds. The molecule has 0 saturated carbocycles. The van der Waals surface area contributed by atoms with Crippen molar-refractivity contribution < 1.29 is 28.6 Å². The van der Waals surface area contributed by atoms with E-state index in [-0.39, 0.29) is 23.6 Å². The van der Waals surface area contributed by atoms with Gasteiger partial charge in [-0.15, -0.1) is 0 Å². The number of ether oxygens (including phenoxy) is 2. The number of hydrogen-bond acceptors (Lipinski definition) is 8. The van der Waals surface area contributed by atoms with Gasteiger partial charge in [0.2, 0.25) is 5.88 Å². The third-order valence-electron chi connectivity index (χ3n) is 4.54. The number of hydrogen-bond donors (Lipinski definition) is 2. The summed E-state index contributed by atoms with van der Waals surface area (Å²) in [6, 6.07) is 11.7. The minimum atomic E-state index is -1.07. The molecule has 0 atom stereocenters. The molecule has 2 aromatic heterocycles. The molecule has 0 aliphatic heterocycles. The summed E-state index contributed by atoms with van der Waals surface area (Å²) in [4.78, 5) is 27.7. The number of aromatic nitrogens is 1. The van der Waals surface area contributed by atoms with Gasteiger partial charge >= 0.3 is 5.97 Å². The number of carboxylic acids is 1. The number of aromatic carboxylic acids is 1. The number of nitrogens with one attached hydrogen (secondary N) is 1. The van der Waals surface area contributed by atoms with Gasteiger partial charge in [0.25, 0.3) is 5.91 Å². The Hall–Kier alpha value is -4.01. The number of methoxy groups -OCH3 is 1. The Balaban J connectivity index is 1.64. The fourth-order valence-electron chi connectivity index (χ4n) is 3.00. The second-order valence-corrected chi connectivity index (χ2v) is 7.64. The second-order valence-electron chi connectivity index (χ2n) is 6.85. The largest absolute Gasteiger partial charge is 0.478 e. The number of nitrogens with zero attached hydrogens (tertiary/aromatic N) is 3. The van der Waals surface area contributed by atoms with Gasteiger partial charge in [-0.2, -0.15) is 10.4 Å². The lowest BCUT2D eigenvalue weighted by Gasteiger charge is -2.13. The molecule has 0 aliphatic rings. The summed E-state index contributed by atoms with van der Waals surface area (Å²) < 4.78 is 16.8. The Morgan fingerprint density at radius 3 is 2.79 bits per heavy atom. The summed E-state index contributed by atoms with van der Waals surface area (Å²) in [5.74, 6) is -0.987. The number of carbonyl (C=O) groups is 2. The van der Waals surface area contributed by atoms with Crippen LogP contribution in [0.2, 0.25) is 0 Å². The molecule has 2 N–H and O–H groups in total. The molecule has 1 aromatic carbocycles. The number of hydrazone groups is 1. The molecular weight excluding hydrogens is 508 g/mol. The van der Waals surface area contributed by atoms with E-state index >= 15 is 0 Å². The van der Waals surface area contributed by atoms with E-state index in [1.165, 1.54) is 19.4 Å². The second kappa shape index (κ2) is 11.2. The molecule has 3 aromatic rings. The van der Waals surface area contributed by atoms with E-state index in [1.807, 2.05) is 6.07 Å². The molecule has 34 heavy (non-hydrogen) atoms. The Morgan fingerprint density at radius 2 is 2.09 bits per heavy atom. The topological polar surface area (TPSA) is 147 Å². The first-order valence-corrected chi connectivity index (χ1v) is 10.6. The van der Waals surface area contributed by atoms with E-state index < -0.39 is 18.5 Å². The smallest absolute Gasteiger partial charge is 0.336 e. The van der Waals surface area contributed by atoms with Crippen LogP contribution in [0.25, 0.3) is 11.3 Å². The van der Waals surface area contributed by atoms with Crippen molar-refractivity contribution in [2.75, 3.05) is 13.7 Å². The summed E-state index contributed by atoms with van der Waals surface area (Å²) in [6.07, 6.45) is 1.27. The van der Waals surface area contributed by atoms with Gasteiger partial charge in [0.05, 0.1) is 24.1 Å². The van der Waals surface area contributed by atoms with Crippen molar-refractivity contribution in [3.63, 3.8) is 0 Å². The maximum atomic E-state index is 12.1. The van der Waals surface area contributed by atoms with Gasteiger partial charge in [0.15, 0.2) is 6.61 Å². The fourth-order valence-corrected chi connectivity index (χ4v) is 3.40. The van der Waals surface area contributed by atoms with E-state index in [0.717, 1.165) is 0 Å². The SMILES string of the molecule is COCc1c(Br)c(C)nc(OCC(=O)NN=Cc2ccc(-c3ccccc3C(=O)O)o2)c1C#N. The van der Waals surface area contributed by atoms with Gasteiger partial charge in [0, 0.05) is 22.7 Å². The zero-order valence-corrected chi connectivity index (χ0v) is 19.7. The number of furan rings is 1. The van der Waals surface area contributed by atoms with Gasteiger partial charge in [-0.25, -0.2) is 15.2 Å². The molecule has 0 bridgehead atoms. The summed E-state index contributed by atoms with van der Waals surface area (Å²) in [5.41, 5.74) is 4.14. The Kier molecular flexibility index (Phi) is 8.13. The van der Waals surface area contributed by atoms with Gasteiger partial charge < -0.3 is 19.0 Å². The summed E-state index contributed by atoms with van der Waals surface area (Å²) >= 11 is 3.39. The highest BCUT2D eigenvalue weighted by Gasteiger charge is 2.18. The number of amides is 1. The van der Waals surface area contributed by atoms with Crippen LogP contribution in [0.1, 0.15) is 32.9 Å². The molecule has 0 fully saturated rings. The van der Waals surface area contributed by atoms with Crippen LogP contribution in [-0.2, 0) is 16.1 Å². The fraction of sp³-hybridized carbons (Fsp3) is 0.174. The van der Waals surface area contributed by atoms with Gasteiger partial charge in [-0.05, 0) is 41.1 Å². The van der Waals surface area contributed by atoms with Crippen LogP contribution < -0.4 is 10.2 Å². The molecule has 0 aliphatic carbocycles. The van der Waals surface area contributed by atoms with Crippen molar-refractivity contribution in [1.29, 1.82) is 5.26 Å². The van der Waals surface area contributed by atoms with Crippen LogP contribution in [0.15, 0.2) is 50.4 Å². The van der Waals surface area contributed by atoms with Gasteiger partial charge in [-0.1, -0.05) is 18.2 Å². The summed E-state index contributed by atoms with van der Waals surface area (Å²) in [6.45, 7) is 1.47. The van der Waals surface area contributed by atoms with Crippen LogP contribution in [-0.4, -0.2) is 41.9 Å². The lowest BCUT2D eigenvalue weighted by molar-refractivity contribution is -0.123. The highest BCUT2D eigenvalue weighted by Crippen LogP contribution is 2.30. The average Bonchev–Trinajstić information content (AvgIpc) is 3.29. The van der Waals surface area contributed by atoms with Gasteiger partial charge in [-0.3, -0.25) is 4.79 Å². The Morgan fingerprint density at radius 1 is 1.32 bits per heavy atom. The van der Waals surface area contributed by atoms with Crippen LogP contribution in [0.5, 0.6) is 5.88 Å². The Labute approximate surface area is 202 Å². The van der Waals surface area contributed by atoms with Crippen molar-refractivity contribution in [3.05, 3.63) is 69.0 Å². The van der Waals surface area contributed by atoms with E-state index in [9.17, 15) is 20.0 Å². The monoisotopic (exact) mass is 526 g/mol. The number of rotatable bonds is 9. The number of benzene rings is 1. The van der Waals surface area contributed by atoms with Crippen molar-refractivity contribution in [1.82, 2.24) is 10.4 Å². The van der Waals surface area contributed by atoms with Crippen molar-refractivity contribution in [2.45, 2.75) is 13.5 Å². The highest BCUT2D eigenvalue weighted by molar-refractivity contribution is 9.10. The minimum Gasteiger partial charge on any atom is -0.478 e. The lowest BCUT2D eigenvalue weighted by atomic mass is 10.1.